The Labute approximate surface area is 185 Å². The summed E-state index contributed by atoms with van der Waals surface area (Å²) in [5.74, 6) is 2.69. The molecule has 1 saturated heterocycles. The molecule has 0 saturated carbocycles. The minimum atomic E-state index is 0.205. The minimum absolute atomic E-state index is 0.205. The fourth-order valence-corrected chi connectivity index (χ4v) is 6.15. The van der Waals surface area contributed by atoms with Gasteiger partial charge in [-0.3, -0.25) is 9.88 Å². The number of rotatable bonds is 6. The van der Waals surface area contributed by atoms with Crippen LogP contribution in [-0.4, -0.2) is 39.5 Å². The molecule has 0 spiro atoms. The number of pyridine rings is 1. The maximum absolute atomic E-state index is 5.82. The summed E-state index contributed by atoms with van der Waals surface area (Å²) in [4.78, 5) is 19.3. The molecule has 1 fully saturated rings. The third kappa shape index (κ3) is 3.51. The Hall–Kier alpha value is -2.77. The molecule has 0 radical (unpaired) electrons. The molecule has 1 N–H and O–H groups in total. The van der Waals surface area contributed by atoms with Crippen LogP contribution in [0.2, 0.25) is 0 Å². The molecule has 2 aliphatic rings. The van der Waals surface area contributed by atoms with Crippen LogP contribution in [0.4, 0.5) is 5.82 Å². The average molecular weight is 432 g/mol. The molecule has 158 valence electrons. The second-order valence-electron chi connectivity index (χ2n) is 8.33. The van der Waals surface area contributed by atoms with E-state index in [9.17, 15) is 0 Å². The molecule has 6 nitrogen and oxygen atoms in total. The summed E-state index contributed by atoms with van der Waals surface area (Å²) in [5.41, 5.74) is 2.39. The van der Waals surface area contributed by atoms with E-state index in [1.165, 1.54) is 35.1 Å². The first-order valence-corrected chi connectivity index (χ1v) is 11.9. The first kappa shape index (κ1) is 19.0. The van der Waals surface area contributed by atoms with Gasteiger partial charge in [-0.1, -0.05) is 0 Å². The lowest BCUT2D eigenvalue weighted by atomic mass is 10.1. The molecule has 1 unspecified atom stereocenters. The number of fused-ring (bicyclic) bond motifs is 3. The highest BCUT2D eigenvalue weighted by atomic mass is 32.1. The Kier molecular flexibility index (Phi) is 4.92. The van der Waals surface area contributed by atoms with Crippen LogP contribution in [0.25, 0.3) is 21.6 Å². The van der Waals surface area contributed by atoms with E-state index in [1.54, 1.807) is 12.5 Å². The lowest BCUT2D eigenvalue weighted by Crippen LogP contribution is -2.31. The normalized spacial score (nSPS) is 17.3. The Bertz CT molecular complexity index is 1180. The van der Waals surface area contributed by atoms with Crippen LogP contribution in [0.1, 0.15) is 41.5 Å². The number of aryl methyl sites for hydroxylation is 2. The third-order valence-electron chi connectivity index (χ3n) is 6.40. The predicted octanol–water partition coefficient (Wildman–Crippen LogP) is 5.08. The number of anilines is 1. The lowest BCUT2D eigenvalue weighted by Gasteiger charge is -2.26. The summed E-state index contributed by atoms with van der Waals surface area (Å²) >= 11 is 1.83. The molecule has 4 aromatic heterocycles. The van der Waals surface area contributed by atoms with Crippen molar-refractivity contribution in [2.45, 2.75) is 38.1 Å². The topological polar surface area (TPSA) is 67.1 Å². The Balaban J connectivity index is 1.39. The summed E-state index contributed by atoms with van der Waals surface area (Å²) in [6, 6.07) is 8.23. The number of nitrogens with one attached hydrogen (secondary N) is 1. The van der Waals surface area contributed by atoms with E-state index in [-0.39, 0.29) is 6.04 Å². The highest BCUT2D eigenvalue weighted by molar-refractivity contribution is 7.19. The molecular formula is C24H25N5OS. The van der Waals surface area contributed by atoms with Gasteiger partial charge in [0, 0.05) is 29.4 Å². The number of hydrogen-bond acceptors (Lipinski definition) is 7. The van der Waals surface area contributed by atoms with Gasteiger partial charge in [0.15, 0.2) is 5.82 Å². The zero-order chi connectivity index (χ0) is 20.6. The summed E-state index contributed by atoms with van der Waals surface area (Å²) in [7, 11) is 0. The first-order valence-electron chi connectivity index (χ1n) is 11.1. The smallest absolute Gasteiger partial charge is 0.164 e. The molecule has 6 rings (SSSR count). The van der Waals surface area contributed by atoms with Crippen LogP contribution in [-0.2, 0) is 12.8 Å². The third-order valence-corrected chi connectivity index (χ3v) is 7.59. The standard InChI is InChI=1S/C24H25N5OS/c1-2-12-29(11-1)18(19-8-5-13-30-19)15-26-23-21-17-7-3-9-20(17)31-24(21)28-22(27-23)16-6-4-10-25-14-16/h4-6,8,10,13-14,18H,1-3,7,9,11-12,15H2,(H,26,27,28). The van der Waals surface area contributed by atoms with Crippen molar-refractivity contribution in [3.05, 3.63) is 59.1 Å². The van der Waals surface area contributed by atoms with Crippen molar-refractivity contribution < 1.29 is 4.42 Å². The van der Waals surface area contributed by atoms with Crippen molar-refractivity contribution in [3.8, 4) is 11.4 Å². The monoisotopic (exact) mass is 431 g/mol. The van der Waals surface area contributed by atoms with Gasteiger partial charge in [-0.05, 0) is 75.0 Å². The van der Waals surface area contributed by atoms with E-state index in [0.29, 0.717) is 0 Å². The molecule has 1 aliphatic carbocycles. The van der Waals surface area contributed by atoms with E-state index < -0.39 is 0 Å². The number of furan rings is 1. The molecule has 0 amide bonds. The molecular weight excluding hydrogens is 406 g/mol. The number of thiophene rings is 1. The van der Waals surface area contributed by atoms with Crippen LogP contribution >= 0.6 is 11.3 Å². The molecule has 0 aromatic carbocycles. The van der Waals surface area contributed by atoms with E-state index in [0.717, 1.165) is 60.3 Å². The molecule has 1 aliphatic heterocycles. The summed E-state index contributed by atoms with van der Waals surface area (Å²) in [5, 5.41) is 4.93. The number of nitrogens with zero attached hydrogens (tertiary/aromatic N) is 4. The van der Waals surface area contributed by atoms with Crippen molar-refractivity contribution >= 4 is 27.4 Å². The van der Waals surface area contributed by atoms with Crippen molar-refractivity contribution in [1.82, 2.24) is 19.9 Å². The maximum Gasteiger partial charge on any atom is 0.164 e. The van der Waals surface area contributed by atoms with Gasteiger partial charge in [-0.15, -0.1) is 11.3 Å². The maximum atomic E-state index is 5.82. The molecule has 31 heavy (non-hydrogen) atoms. The fourth-order valence-electron chi connectivity index (χ4n) is 4.88. The van der Waals surface area contributed by atoms with Crippen LogP contribution in [0, 0.1) is 0 Å². The predicted molar refractivity (Wildman–Crippen MR) is 123 cm³/mol. The Morgan fingerprint density at radius 1 is 1.10 bits per heavy atom. The van der Waals surface area contributed by atoms with Gasteiger partial charge in [0.05, 0.1) is 17.7 Å². The zero-order valence-electron chi connectivity index (χ0n) is 17.4. The van der Waals surface area contributed by atoms with Gasteiger partial charge in [0.1, 0.15) is 16.4 Å². The summed E-state index contributed by atoms with van der Waals surface area (Å²) in [6.07, 6.45) is 11.4. The highest BCUT2D eigenvalue weighted by Crippen LogP contribution is 2.40. The quantitative estimate of drug-likeness (QED) is 0.459. The second kappa shape index (κ2) is 8.05. The van der Waals surface area contributed by atoms with E-state index in [1.807, 2.05) is 35.7 Å². The minimum Gasteiger partial charge on any atom is -0.468 e. The SMILES string of the molecule is c1cncc(-c2nc(NCC(c3ccco3)N3CCCC3)c3c4c(sc3n2)CCC4)c1. The molecule has 7 heteroatoms. The van der Waals surface area contributed by atoms with E-state index in [2.05, 4.69) is 21.3 Å². The number of hydrogen-bond donors (Lipinski definition) is 1. The molecule has 0 bridgehead atoms. The van der Waals surface area contributed by atoms with Crippen LogP contribution in [0.3, 0.4) is 0 Å². The van der Waals surface area contributed by atoms with Gasteiger partial charge < -0.3 is 9.73 Å². The number of aromatic nitrogens is 3. The Morgan fingerprint density at radius 2 is 2.03 bits per heavy atom. The lowest BCUT2D eigenvalue weighted by molar-refractivity contribution is 0.225. The molecule has 4 aromatic rings. The van der Waals surface area contributed by atoms with Crippen LogP contribution in [0.5, 0.6) is 0 Å². The average Bonchev–Trinajstić information content (AvgIpc) is 3.59. The van der Waals surface area contributed by atoms with Gasteiger partial charge in [0.2, 0.25) is 0 Å². The van der Waals surface area contributed by atoms with Crippen molar-refractivity contribution in [1.29, 1.82) is 0 Å². The van der Waals surface area contributed by atoms with E-state index >= 15 is 0 Å². The van der Waals surface area contributed by atoms with Crippen molar-refractivity contribution in [3.63, 3.8) is 0 Å². The van der Waals surface area contributed by atoms with E-state index in [4.69, 9.17) is 14.4 Å². The van der Waals surface area contributed by atoms with Crippen molar-refractivity contribution in [2.24, 2.45) is 0 Å². The van der Waals surface area contributed by atoms with Gasteiger partial charge in [-0.2, -0.15) is 0 Å². The van der Waals surface area contributed by atoms with Gasteiger partial charge in [0.25, 0.3) is 0 Å². The van der Waals surface area contributed by atoms with Gasteiger partial charge in [-0.25, -0.2) is 9.97 Å². The zero-order valence-corrected chi connectivity index (χ0v) is 18.2. The second-order valence-corrected chi connectivity index (χ2v) is 9.41. The molecule has 5 heterocycles. The largest absolute Gasteiger partial charge is 0.468 e. The van der Waals surface area contributed by atoms with Gasteiger partial charge >= 0.3 is 0 Å². The van der Waals surface area contributed by atoms with Crippen molar-refractivity contribution in [2.75, 3.05) is 25.0 Å². The summed E-state index contributed by atoms with van der Waals surface area (Å²) < 4.78 is 5.82. The fraction of sp³-hybridized carbons (Fsp3) is 0.375. The number of likely N-dealkylation sites (tertiary alicyclic amines) is 1. The molecule has 1 atom stereocenters. The summed E-state index contributed by atoms with van der Waals surface area (Å²) in [6.45, 7) is 2.98. The van der Waals surface area contributed by atoms with Crippen LogP contribution < -0.4 is 5.32 Å². The highest BCUT2D eigenvalue weighted by Gasteiger charge is 2.27. The first-order chi connectivity index (χ1) is 15.4. The Morgan fingerprint density at radius 3 is 2.84 bits per heavy atom. The van der Waals surface area contributed by atoms with Crippen LogP contribution in [0.15, 0.2) is 47.3 Å².